The van der Waals surface area contributed by atoms with E-state index in [1.807, 2.05) is 13.8 Å². The number of ether oxygens (including phenoxy) is 1. The maximum Gasteiger partial charge on any atom is 0.389 e. The lowest BCUT2D eigenvalue weighted by Crippen LogP contribution is -2.12. The van der Waals surface area contributed by atoms with Gasteiger partial charge < -0.3 is 4.74 Å². The molecule has 0 aliphatic carbocycles. The molecular formula is C8H15F3O. The smallest absolute Gasteiger partial charge is 0.379 e. The maximum atomic E-state index is 11.6. The third kappa shape index (κ3) is 7.85. The van der Waals surface area contributed by atoms with Gasteiger partial charge in [0.2, 0.25) is 0 Å². The van der Waals surface area contributed by atoms with E-state index < -0.39 is 12.6 Å². The van der Waals surface area contributed by atoms with Gasteiger partial charge in [0, 0.05) is 13.0 Å². The quantitative estimate of drug-likeness (QED) is 0.596. The first-order valence-electron chi connectivity index (χ1n) is 4.14. The van der Waals surface area contributed by atoms with Crippen molar-refractivity contribution in [3.05, 3.63) is 0 Å². The first-order valence-corrected chi connectivity index (χ1v) is 4.14. The minimum absolute atomic E-state index is 0.0633. The molecule has 0 aromatic carbocycles. The molecule has 0 saturated carbocycles. The van der Waals surface area contributed by atoms with Gasteiger partial charge in [0.05, 0.1) is 6.10 Å². The molecule has 0 bridgehead atoms. The van der Waals surface area contributed by atoms with Gasteiger partial charge in [-0.3, -0.25) is 0 Å². The van der Waals surface area contributed by atoms with Crippen LogP contribution in [0, 0.1) is 0 Å². The van der Waals surface area contributed by atoms with Gasteiger partial charge in [0.25, 0.3) is 0 Å². The molecule has 12 heavy (non-hydrogen) atoms. The Kier molecular flexibility index (Phi) is 5.29. The van der Waals surface area contributed by atoms with Gasteiger partial charge in [0.15, 0.2) is 0 Å². The van der Waals surface area contributed by atoms with E-state index in [0.29, 0.717) is 0 Å². The first kappa shape index (κ1) is 11.8. The maximum absolute atomic E-state index is 11.6. The summed E-state index contributed by atoms with van der Waals surface area (Å²) >= 11 is 0. The van der Waals surface area contributed by atoms with Gasteiger partial charge >= 0.3 is 6.18 Å². The van der Waals surface area contributed by atoms with Gasteiger partial charge in [-0.25, -0.2) is 0 Å². The number of halogens is 3. The van der Waals surface area contributed by atoms with Crippen LogP contribution in [0.4, 0.5) is 13.2 Å². The standard InChI is InChI=1S/C8H15F3O/c1-3-7(2)12-6-4-5-8(9,10)11/h7H,3-6H2,1-2H3. The van der Waals surface area contributed by atoms with Crippen LogP contribution in [0.25, 0.3) is 0 Å². The van der Waals surface area contributed by atoms with Crippen molar-refractivity contribution in [1.82, 2.24) is 0 Å². The van der Waals surface area contributed by atoms with Crippen molar-refractivity contribution >= 4 is 0 Å². The average molecular weight is 184 g/mol. The lowest BCUT2D eigenvalue weighted by molar-refractivity contribution is -0.138. The normalized spacial score (nSPS) is 14.8. The third-order valence-electron chi connectivity index (χ3n) is 1.58. The molecule has 0 fully saturated rings. The Morgan fingerprint density at radius 1 is 1.33 bits per heavy atom. The predicted octanol–water partition coefficient (Wildman–Crippen LogP) is 3.14. The number of hydrogen-bond donors (Lipinski definition) is 0. The second-order valence-corrected chi connectivity index (χ2v) is 2.81. The zero-order valence-corrected chi connectivity index (χ0v) is 7.45. The highest BCUT2D eigenvalue weighted by Crippen LogP contribution is 2.21. The number of rotatable bonds is 5. The van der Waals surface area contributed by atoms with E-state index in [1.54, 1.807) is 0 Å². The van der Waals surface area contributed by atoms with Gasteiger partial charge in [-0.2, -0.15) is 13.2 Å². The molecule has 0 aliphatic heterocycles. The fourth-order valence-electron chi connectivity index (χ4n) is 0.675. The summed E-state index contributed by atoms with van der Waals surface area (Å²) in [4.78, 5) is 0. The van der Waals surface area contributed by atoms with E-state index in [-0.39, 0.29) is 19.1 Å². The monoisotopic (exact) mass is 184 g/mol. The molecule has 0 spiro atoms. The summed E-state index contributed by atoms with van der Waals surface area (Å²) in [6.07, 6.45) is -3.82. The van der Waals surface area contributed by atoms with E-state index in [0.717, 1.165) is 6.42 Å². The summed E-state index contributed by atoms with van der Waals surface area (Å²) in [6.45, 7) is 4.00. The van der Waals surface area contributed by atoms with Crippen LogP contribution in [0.5, 0.6) is 0 Å². The van der Waals surface area contributed by atoms with Crippen LogP contribution in [0.2, 0.25) is 0 Å². The molecule has 0 aromatic rings. The van der Waals surface area contributed by atoms with Crippen molar-refractivity contribution in [1.29, 1.82) is 0 Å². The molecule has 0 aliphatic rings. The van der Waals surface area contributed by atoms with E-state index in [2.05, 4.69) is 0 Å². The fraction of sp³-hybridized carbons (Fsp3) is 1.00. The van der Waals surface area contributed by atoms with Gasteiger partial charge in [-0.15, -0.1) is 0 Å². The minimum Gasteiger partial charge on any atom is -0.379 e. The molecule has 0 saturated heterocycles. The molecular weight excluding hydrogens is 169 g/mol. The topological polar surface area (TPSA) is 9.23 Å². The first-order chi connectivity index (χ1) is 5.45. The average Bonchev–Trinajstić information content (AvgIpc) is 1.96. The van der Waals surface area contributed by atoms with E-state index in [4.69, 9.17) is 4.74 Å². The second kappa shape index (κ2) is 5.41. The summed E-state index contributed by atoms with van der Waals surface area (Å²) in [6, 6.07) is 0. The highest BCUT2D eigenvalue weighted by molar-refractivity contribution is 4.51. The summed E-state index contributed by atoms with van der Waals surface area (Å²) < 4.78 is 39.9. The van der Waals surface area contributed by atoms with Crippen molar-refractivity contribution in [3.63, 3.8) is 0 Å². The molecule has 0 amide bonds. The molecule has 0 rings (SSSR count). The van der Waals surface area contributed by atoms with Crippen molar-refractivity contribution in [2.75, 3.05) is 6.61 Å². The Labute approximate surface area is 70.9 Å². The molecule has 1 unspecified atom stereocenters. The second-order valence-electron chi connectivity index (χ2n) is 2.81. The zero-order chi connectivity index (χ0) is 9.61. The number of alkyl halides is 3. The van der Waals surface area contributed by atoms with Crippen LogP contribution in [0.15, 0.2) is 0 Å². The third-order valence-corrected chi connectivity index (χ3v) is 1.58. The summed E-state index contributed by atoms with van der Waals surface area (Å²) in [5.74, 6) is 0. The molecule has 4 heteroatoms. The van der Waals surface area contributed by atoms with E-state index >= 15 is 0 Å². The van der Waals surface area contributed by atoms with Gasteiger partial charge in [-0.05, 0) is 19.8 Å². The minimum atomic E-state index is -4.04. The largest absolute Gasteiger partial charge is 0.389 e. The lowest BCUT2D eigenvalue weighted by Gasteiger charge is -2.10. The van der Waals surface area contributed by atoms with Crippen molar-refractivity contribution in [2.24, 2.45) is 0 Å². The van der Waals surface area contributed by atoms with Crippen molar-refractivity contribution < 1.29 is 17.9 Å². The SMILES string of the molecule is CCC(C)OCCCC(F)(F)F. The van der Waals surface area contributed by atoms with Crippen LogP contribution < -0.4 is 0 Å². The molecule has 74 valence electrons. The highest BCUT2D eigenvalue weighted by Gasteiger charge is 2.25. The van der Waals surface area contributed by atoms with Crippen LogP contribution in [-0.2, 0) is 4.74 Å². The van der Waals surface area contributed by atoms with Gasteiger partial charge in [-0.1, -0.05) is 6.92 Å². The van der Waals surface area contributed by atoms with Crippen LogP contribution in [0.3, 0.4) is 0 Å². The Hall–Kier alpha value is -0.250. The fourth-order valence-corrected chi connectivity index (χ4v) is 0.675. The molecule has 1 atom stereocenters. The summed E-state index contributed by atoms with van der Waals surface area (Å²) in [7, 11) is 0. The molecule has 0 heterocycles. The molecule has 0 N–H and O–H groups in total. The Bertz CT molecular complexity index is 111. The molecule has 0 aromatic heterocycles. The lowest BCUT2D eigenvalue weighted by atomic mass is 10.3. The molecule has 1 nitrogen and oxygen atoms in total. The number of hydrogen-bond acceptors (Lipinski definition) is 1. The van der Waals surface area contributed by atoms with Crippen LogP contribution in [0.1, 0.15) is 33.1 Å². The highest BCUT2D eigenvalue weighted by atomic mass is 19.4. The van der Waals surface area contributed by atoms with Crippen LogP contribution in [-0.4, -0.2) is 18.9 Å². The van der Waals surface area contributed by atoms with Crippen molar-refractivity contribution in [2.45, 2.75) is 45.4 Å². The van der Waals surface area contributed by atoms with E-state index in [1.165, 1.54) is 0 Å². The van der Waals surface area contributed by atoms with Gasteiger partial charge in [0.1, 0.15) is 0 Å². The Balaban J connectivity index is 3.22. The van der Waals surface area contributed by atoms with Crippen molar-refractivity contribution in [3.8, 4) is 0 Å². The summed E-state index contributed by atoms with van der Waals surface area (Å²) in [5, 5.41) is 0. The van der Waals surface area contributed by atoms with E-state index in [9.17, 15) is 13.2 Å². The predicted molar refractivity (Wildman–Crippen MR) is 41.0 cm³/mol. The molecule has 0 radical (unpaired) electrons. The zero-order valence-electron chi connectivity index (χ0n) is 7.45. The summed E-state index contributed by atoms with van der Waals surface area (Å²) in [5.41, 5.74) is 0. The Morgan fingerprint density at radius 2 is 1.92 bits per heavy atom. The van der Waals surface area contributed by atoms with Crippen LogP contribution >= 0.6 is 0 Å². The Morgan fingerprint density at radius 3 is 2.33 bits per heavy atom.